The molecule has 0 N–H and O–H groups in total. The molecule has 0 aliphatic heterocycles. The van der Waals surface area contributed by atoms with Crippen LogP contribution >= 0.6 is 0 Å². The van der Waals surface area contributed by atoms with Crippen molar-refractivity contribution in [3.63, 3.8) is 0 Å². The van der Waals surface area contributed by atoms with Crippen molar-refractivity contribution in [2.75, 3.05) is 0 Å². The number of hydrogen-bond donors (Lipinski definition) is 0. The lowest BCUT2D eigenvalue weighted by Crippen LogP contribution is -2.27. The van der Waals surface area contributed by atoms with E-state index < -0.39 is 18.2 Å². The first-order valence-electron chi connectivity index (χ1n) is 4.80. The second-order valence-corrected chi connectivity index (χ2v) is 3.54. The first kappa shape index (κ1) is 13.3. The van der Waals surface area contributed by atoms with Crippen molar-refractivity contribution in [1.82, 2.24) is 0 Å². The van der Waals surface area contributed by atoms with Gasteiger partial charge in [0.1, 0.15) is 6.10 Å². The molecule has 0 radical (unpaired) electrons. The summed E-state index contributed by atoms with van der Waals surface area (Å²) >= 11 is 0. The number of halogens is 3. The Morgan fingerprint density at radius 3 is 2.24 bits per heavy atom. The second-order valence-electron chi connectivity index (χ2n) is 3.54. The molecule has 5 heteroatoms. The third-order valence-corrected chi connectivity index (χ3v) is 2.01. The summed E-state index contributed by atoms with van der Waals surface area (Å²) in [5, 5.41) is 0. The number of ether oxygens (including phenoxy) is 1. The number of benzene rings is 1. The fraction of sp³-hybridized carbons (Fsp3) is 0.250. The number of alkyl halides is 3. The van der Waals surface area contributed by atoms with Gasteiger partial charge in [0.15, 0.2) is 0 Å². The van der Waals surface area contributed by atoms with Gasteiger partial charge in [-0.15, -0.1) is 0 Å². The zero-order valence-corrected chi connectivity index (χ0v) is 9.12. The van der Waals surface area contributed by atoms with E-state index in [-0.39, 0.29) is 0 Å². The first-order chi connectivity index (χ1) is 7.82. The van der Waals surface area contributed by atoms with Gasteiger partial charge in [-0.05, 0) is 18.1 Å². The number of hydrogen-bond acceptors (Lipinski definition) is 2. The van der Waals surface area contributed by atoms with Crippen LogP contribution in [0.4, 0.5) is 13.2 Å². The molecular formula is C12H11F3O2. The Labute approximate surface area is 96.7 Å². The zero-order valence-electron chi connectivity index (χ0n) is 9.12. The van der Waals surface area contributed by atoms with E-state index in [1.165, 1.54) is 6.92 Å². The van der Waals surface area contributed by atoms with Crippen LogP contribution in [-0.4, -0.2) is 12.1 Å². The van der Waals surface area contributed by atoms with Gasteiger partial charge in [-0.25, -0.2) is 4.79 Å². The minimum atomic E-state index is -5.00. The molecule has 1 atom stereocenters. The van der Waals surface area contributed by atoms with Gasteiger partial charge in [0.2, 0.25) is 0 Å². The predicted molar refractivity (Wildman–Crippen MR) is 56.1 cm³/mol. The normalized spacial score (nSPS) is 12.9. The van der Waals surface area contributed by atoms with Crippen LogP contribution in [0.5, 0.6) is 0 Å². The molecule has 0 bridgehead atoms. The molecule has 2 nitrogen and oxygen atoms in total. The van der Waals surface area contributed by atoms with Gasteiger partial charge in [-0.2, -0.15) is 13.2 Å². The molecule has 0 aliphatic carbocycles. The molecule has 0 saturated carbocycles. The highest BCUT2D eigenvalue weighted by atomic mass is 19.4. The van der Waals surface area contributed by atoms with Crippen LogP contribution in [0, 0.1) is 0 Å². The maximum Gasteiger partial charge on any atom is 0.490 e. The Kier molecular flexibility index (Phi) is 3.93. The first-order valence-corrected chi connectivity index (χ1v) is 4.80. The van der Waals surface area contributed by atoms with Gasteiger partial charge >= 0.3 is 12.1 Å². The molecule has 0 aliphatic rings. The van der Waals surface area contributed by atoms with Crippen molar-refractivity contribution >= 4 is 5.97 Å². The second kappa shape index (κ2) is 5.03. The predicted octanol–water partition coefficient (Wildman–Crippen LogP) is 3.41. The van der Waals surface area contributed by atoms with Gasteiger partial charge in [0, 0.05) is 0 Å². The van der Waals surface area contributed by atoms with E-state index in [9.17, 15) is 18.0 Å². The quantitative estimate of drug-likeness (QED) is 0.601. The lowest BCUT2D eigenvalue weighted by atomic mass is 10.0. The van der Waals surface area contributed by atoms with Crippen LogP contribution in [0.3, 0.4) is 0 Å². The number of rotatable bonds is 3. The van der Waals surface area contributed by atoms with Crippen LogP contribution in [0.2, 0.25) is 0 Å². The van der Waals surface area contributed by atoms with Crippen molar-refractivity contribution in [1.29, 1.82) is 0 Å². The number of esters is 1. The highest BCUT2D eigenvalue weighted by Crippen LogP contribution is 2.28. The van der Waals surface area contributed by atoms with E-state index in [1.54, 1.807) is 30.3 Å². The maximum atomic E-state index is 12.1. The summed E-state index contributed by atoms with van der Waals surface area (Å²) in [5.41, 5.74) is 0.784. The Balaban J connectivity index is 2.90. The lowest BCUT2D eigenvalue weighted by molar-refractivity contribution is -0.203. The average Bonchev–Trinajstić information content (AvgIpc) is 2.25. The Morgan fingerprint density at radius 1 is 1.29 bits per heavy atom. The van der Waals surface area contributed by atoms with Gasteiger partial charge in [0.25, 0.3) is 0 Å². The van der Waals surface area contributed by atoms with Crippen molar-refractivity contribution in [3.05, 3.63) is 48.0 Å². The maximum absolute atomic E-state index is 12.1. The Bertz CT molecular complexity index is 410. The molecule has 0 fully saturated rings. The molecule has 1 aromatic carbocycles. The summed E-state index contributed by atoms with van der Waals surface area (Å²) in [4.78, 5) is 10.8. The fourth-order valence-electron chi connectivity index (χ4n) is 1.25. The van der Waals surface area contributed by atoms with Crippen molar-refractivity contribution in [3.8, 4) is 0 Å². The minimum Gasteiger partial charge on any atom is -0.446 e. The lowest BCUT2D eigenvalue weighted by Gasteiger charge is -2.19. The van der Waals surface area contributed by atoms with Crippen molar-refractivity contribution in [2.24, 2.45) is 0 Å². The van der Waals surface area contributed by atoms with Gasteiger partial charge in [-0.3, -0.25) is 0 Å². The summed E-state index contributed by atoms with van der Waals surface area (Å²) in [6.07, 6.45) is -6.08. The minimum absolute atomic E-state index is 0.328. The summed E-state index contributed by atoms with van der Waals surface area (Å²) in [6, 6.07) is 8.15. The molecule has 1 aromatic rings. The molecule has 0 amide bonds. The molecule has 0 aromatic heterocycles. The van der Waals surface area contributed by atoms with E-state index in [4.69, 9.17) is 0 Å². The molecule has 0 spiro atoms. The Hall–Kier alpha value is -1.78. The largest absolute Gasteiger partial charge is 0.490 e. The zero-order chi connectivity index (χ0) is 13.1. The third-order valence-electron chi connectivity index (χ3n) is 2.01. The standard InChI is InChI=1S/C12H11F3O2/c1-8(2)10(9-6-4-3-5-7-9)17-11(16)12(13,14)15/h3-7,10H,1H2,2H3. The third kappa shape index (κ3) is 3.62. The van der Waals surface area contributed by atoms with Crippen LogP contribution in [0.1, 0.15) is 18.6 Å². The molecule has 0 saturated heterocycles. The molecule has 1 unspecified atom stereocenters. The fourth-order valence-corrected chi connectivity index (χ4v) is 1.25. The van der Waals surface area contributed by atoms with Crippen LogP contribution in [0.25, 0.3) is 0 Å². The van der Waals surface area contributed by atoms with Crippen LogP contribution in [-0.2, 0) is 9.53 Å². The van der Waals surface area contributed by atoms with Gasteiger partial charge in [-0.1, -0.05) is 36.9 Å². The molecule has 1 rings (SSSR count). The Morgan fingerprint density at radius 2 is 1.82 bits per heavy atom. The van der Waals surface area contributed by atoms with Crippen LogP contribution in [0.15, 0.2) is 42.5 Å². The van der Waals surface area contributed by atoms with Crippen molar-refractivity contribution < 1.29 is 22.7 Å². The SMILES string of the molecule is C=C(C)C(OC(=O)C(F)(F)F)c1ccccc1. The van der Waals surface area contributed by atoms with E-state index in [0.717, 1.165) is 0 Å². The van der Waals surface area contributed by atoms with Gasteiger partial charge in [0.05, 0.1) is 0 Å². The molecular weight excluding hydrogens is 233 g/mol. The highest BCUT2D eigenvalue weighted by molar-refractivity contribution is 5.76. The summed E-state index contributed by atoms with van der Waals surface area (Å²) in [6.45, 7) is 5.02. The van der Waals surface area contributed by atoms with E-state index in [0.29, 0.717) is 11.1 Å². The summed E-state index contributed by atoms with van der Waals surface area (Å²) in [7, 11) is 0. The molecule has 92 valence electrons. The number of carbonyl (C=O) groups is 1. The molecule has 17 heavy (non-hydrogen) atoms. The average molecular weight is 244 g/mol. The smallest absolute Gasteiger partial charge is 0.446 e. The van der Waals surface area contributed by atoms with E-state index >= 15 is 0 Å². The number of carbonyl (C=O) groups excluding carboxylic acids is 1. The summed E-state index contributed by atoms with van der Waals surface area (Å²) in [5.74, 6) is -2.21. The topological polar surface area (TPSA) is 26.3 Å². The van der Waals surface area contributed by atoms with E-state index in [2.05, 4.69) is 11.3 Å². The monoisotopic (exact) mass is 244 g/mol. The summed E-state index contributed by atoms with van der Waals surface area (Å²) < 4.78 is 40.7. The van der Waals surface area contributed by atoms with Crippen molar-refractivity contribution in [2.45, 2.75) is 19.2 Å². The van der Waals surface area contributed by atoms with E-state index in [1.807, 2.05) is 0 Å². The molecule has 0 heterocycles. The van der Waals surface area contributed by atoms with Crippen LogP contribution < -0.4 is 0 Å². The van der Waals surface area contributed by atoms with Gasteiger partial charge < -0.3 is 4.74 Å². The highest BCUT2D eigenvalue weighted by Gasteiger charge is 2.42.